The fourth-order valence-corrected chi connectivity index (χ4v) is 2.71. The van der Waals surface area contributed by atoms with E-state index >= 15 is 0 Å². The summed E-state index contributed by atoms with van der Waals surface area (Å²) >= 11 is 6.22. The second-order valence-electron chi connectivity index (χ2n) is 4.56. The Bertz CT molecular complexity index is 570. The molecule has 0 bridgehead atoms. The summed E-state index contributed by atoms with van der Waals surface area (Å²) in [5.74, 6) is 0.844. The third-order valence-corrected chi connectivity index (χ3v) is 3.83. The first-order chi connectivity index (χ1) is 8.75. The lowest BCUT2D eigenvalue weighted by molar-refractivity contribution is 0.103. The van der Waals surface area contributed by atoms with Crippen molar-refractivity contribution in [2.24, 2.45) is 5.73 Å². The minimum Gasteiger partial charge on any atom is -0.481 e. The number of nitrogens with two attached hydrogens (primary N) is 1. The van der Waals surface area contributed by atoms with E-state index < -0.39 is 5.60 Å². The van der Waals surface area contributed by atoms with Gasteiger partial charge in [0.2, 0.25) is 0 Å². The highest BCUT2D eigenvalue weighted by Gasteiger charge is 2.40. The van der Waals surface area contributed by atoms with Crippen LogP contribution >= 0.6 is 11.6 Å². The maximum atomic E-state index is 6.22. The summed E-state index contributed by atoms with van der Waals surface area (Å²) in [7, 11) is 0. The minimum absolute atomic E-state index is 0.433. The number of benzene rings is 2. The molecule has 2 N–H and O–H groups in total. The molecule has 0 aromatic heterocycles. The van der Waals surface area contributed by atoms with Crippen LogP contribution in [-0.4, -0.2) is 6.54 Å². The number of hydrogen-bond acceptors (Lipinski definition) is 2. The fraction of sp³-hybridized carbons (Fsp3) is 0.200. The molecule has 0 saturated heterocycles. The van der Waals surface area contributed by atoms with Gasteiger partial charge in [-0.05, 0) is 17.7 Å². The van der Waals surface area contributed by atoms with Crippen molar-refractivity contribution in [1.82, 2.24) is 0 Å². The van der Waals surface area contributed by atoms with E-state index in [9.17, 15) is 0 Å². The highest BCUT2D eigenvalue weighted by atomic mass is 35.5. The van der Waals surface area contributed by atoms with Crippen LogP contribution in [0.3, 0.4) is 0 Å². The average molecular weight is 260 g/mol. The van der Waals surface area contributed by atoms with Crippen LogP contribution in [0.4, 0.5) is 0 Å². The Hall–Kier alpha value is -1.51. The molecule has 0 amide bonds. The zero-order chi connectivity index (χ0) is 12.6. The second-order valence-corrected chi connectivity index (χ2v) is 4.97. The van der Waals surface area contributed by atoms with Crippen molar-refractivity contribution in [3.05, 3.63) is 64.7 Å². The first kappa shape index (κ1) is 11.6. The highest BCUT2D eigenvalue weighted by Crippen LogP contribution is 2.43. The normalized spacial score (nSPS) is 21.4. The lowest BCUT2D eigenvalue weighted by Gasteiger charge is -2.27. The van der Waals surface area contributed by atoms with Gasteiger partial charge in [0.25, 0.3) is 0 Å². The van der Waals surface area contributed by atoms with Crippen LogP contribution in [0.5, 0.6) is 5.75 Å². The van der Waals surface area contributed by atoms with Gasteiger partial charge in [-0.25, -0.2) is 0 Å². The van der Waals surface area contributed by atoms with Crippen LogP contribution in [0.15, 0.2) is 48.5 Å². The molecular formula is C15H14ClNO. The summed E-state index contributed by atoms with van der Waals surface area (Å²) < 4.78 is 6.10. The minimum atomic E-state index is -0.478. The number of fused-ring (bicyclic) bond motifs is 1. The van der Waals surface area contributed by atoms with Crippen molar-refractivity contribution in [2.75, 3.05) is 6.54 Å². The summed E-state index contributed by atoms with van der Waals surface area (Å²) in [6.07, 6.45) is 0.725. The van der Waals surface area contributed by atoms with Gasteiger partial charge in [0, 0.05) is 23.6 Å². The van der Waals surface area contributed by atoms with E-state index in [0.29, 0.717) is 6.54 Å². The molecule has 1 heterocycles. The topological polar surface area (TPSA) is 35.2 Å². The smallest absolute Gasteiger partial charge is 0.150 e. The van der Waals surface area contributed by atoms with E-state index in [0.717, 1.165) is 28.3 Å². The number of halogens is 1. The van der Waals surface area contributed by atoms with E-state index in [1.807, 2.05) is 48.5 Å². The van der Waals surface area contributed by atoms with Crippen molar-refractivity contribution in [3.8, 4) is 5.75 Å². The van der Waals surface area contributed by atoms with Crippen LogP contribution < -0.4 is 10.5 Å². The molecule has 1 aliphatic rings. The van der Waals surface area contributed by atoms with Crippen LogP contribution in [0, 0.1) is 0 Å². The standard InChI is InChI=1S/C15H14ClNO/c16-13-7-4-8-14-12(13)9-15(10-17,18-14)11-5-2-1-3-6-11/h1-8H,9-10,17H2. The Labute approximate surface area is 111 Å². The van der Waals surface area contributed by atoms with Crippen molar-refractivity contribution in [3.63, 3.8) is 0 Å². The largest absolute Gasteiger partial charge is 0.481 e. The van der Waals surface area contributed by atoms with Gasteiger partial charge in [0.1, 0.15) is 5.75 Å². The molecule has 0 fully saturated rings. The summed E-state index contributed by atoms with van der Waals surface area (Å²) in [6, 6.07) is 15.8. The molecule has 0 saturated carbocycles. The monoisotopic (exact) mass is 259 g/mol. The van der Waals surface area contributed by atoms with Gasteiger partial charge in [0.15, 0.2) is 5.60 Å². The summed E-state index contributed by atoms with van der Waals surface area (Å²) in [6.45, 7) is 0.433. The molecule has 18 heavy (non-hydrogen) atoms. The fourth-order valence-electron chi connectivity index (χ4n) is 2.47. The Morgan fingerprint density at radius 1 is 1.11 bits per heavy atom. The van der Waals surface area contributed by atoms with E-state index in [-0.39, 0.29) is 0 Å². The maximum absolute atomic E-state index is 6.22. The number of rotatable bonds is 2. The van der Waals surface area contributed by atoms with Crippen molar-refractivity contribution < 1.29 is 4.74 Å². The zero-order valence-electron chi connectivity index (χ0n) is 9.90. The SMILES string of the molecule is NCC1(c2ccccc2)Cc2c(Cl)cccc2O1. The Morgan fingerprint density at radius 2 is 1.89 bits per heavy atom. The molecule has 2 aromatic carbocycles. The van der Waals surface area contributed by atoms with Crippen LogP contribution in [0.2, 0.25) is 5.02 Å². The van der Waals surface area contributed by atoms with Crippen molar-refractivity contribution in [1.29, 1.82) is 0 Å². The summed E-state index contributed by atoms with van der Waals surface area (Å²) in [5, 5.41) is 0.749. The molecule has 3 rings (SSSR count). The number of ether oxygens (including phenoxy) is 1. The molecule has 0 radical (unpaired) electrons. The first-order valence-electron chi connectivity index (χ1n) is 5.97. The predicted octanol–water partition coefficient (Wildman–Crippen LogP) is 3.13. The predicted molar refractivity (Wildman–Crippen MR) is 73.0 cm³/mol. The quantitative estimate of drug-likeness (QED) is 0.899. The maximum Gasteiger partial charge on any atom is 0.150 e. The van der Waals surface area contributed by atoms with Gasteiger partial charge in [-0.2, -0.15) is 0 Å². The highest BCUT2D eigenvalue weighted by molar-refractivity contribution is 6.31. The van der Waals surface area contributed by atoms with Gasteiger partial charge < -0.3 is 10.5 Å². The number of hydrogen-bond donors (Lipinski definition) is 1. The van der Waals surface area contributed by atoms with Crippen molar-refractivity contribution in [2.45, 2.75) is 12.0 Å². The van der Waals surface area contributed by atoms with E-state index in [4.69, 9.17) is 22.1 Å². The lowest BCUT2D eigenvalue weighted by atomic mass is 9.89. The van der Waals surface area contributed by atoms with E-state index in [1.165, 1.54) is 0 Å². The molecule has 3 heteroatoms. The van der Waals surface area contributed by atoms with Gasteiger partial charge in [0.05, 0.1) is 0 Å². The third kappa shape index (κ3) is 1.69. The second kappa shape index (κ2) is 4.30. The van der Waals surface area contributed by atoms with E-state index in [1.54, 1.807) is 0 Å². The Morgan fingerprint density at radius 3 is 2.56 bits per heavy atom. The van der Waals surface area contributed by atoms with Crippen LogP contribution in [-0.2, 0) is 12.0 Å². The lowest BCUT2D eigenvalue weighted by Crippen LogP contribution is -2.39. The molecule has 1 atom stereocenters. The molecule has 2 aromatic rings. The van der Waals surface area contributed by atoms with Gasteiger partial charge in [-0.3, -0.25) is 0 Å². The van der Waals surface area contributed by atoms with Gasteiger partial charge in [-0.1, -0.05) is 48.0 Å². The first-order valence-corrected chi connectivity index (χ1v) is 6.35. The molecule has 1 unspecified atom stereocenters. The molecule has 0 aliphatic carbocycles. The zero-order valence-corrected chi connectivity index (χ0v) is 10.7. The summed E-state index contributed by atoms with van der Waals surface area (Å²) in [4.78, 5) is 0. The summed E-state index contributed by atoms with van der Waals surface area (Å²) in [5.41, 5.74) is 7.63. The molecule has 92 valence electrons. The van der Waals surface area contributed by atoms with Gasteiger partial charge in [-0.15, -0.1) is 0 Å². The Balaban J connectivity index is 2.06. The molecule has 2 nitrogen and oxygen atoms in total. The van der Waals surface area contributed by atoms with E-state index in [2.05, 4.69) is 0 Å². The average Bonchev–Trinajstić information content (AvgIpc) is 2.81. The molecule has 0 spiro atoms. The molecular weight excluding hydrogens is 246 g/mol. The van der Waals surface area contributed by atoms with Crippen LogP contribution in [0.1, 0.15) is 11.1 Å². The molecule has 1 aliphatic heterocycles. The van der Waals surface area contributed by atoms with Gasteiger partial charge >= 0.3 is 0 Å². The Kier molecular flexibility index (Phi) is 2.77. The van der Waals surface area contributed by atoms with Crippen molar-refractivity contribution >= 4 is 11.6 Å². The van der Waals surface area contributed by atoms with Crippen LogP contribution in [0.25, 0.3) is 0 Å². The third-order valence-electron chi connectivity index (χ3n) is 3.47.